The van der Waals surface area contributed by atoms with Crippen LogP contribution >= 0.6 is 0 Å². The predicted octanol–water partition coefficient (Wildman–Crippen LogP) is 11.7. The molecular formula is C46H33N3. The summed E-state index contributed by atoms with van der Waals surface area (Å²) >= 11 is 0. The maximum atomic E-state index is 5.15. The van der Waals surface area contributed by atoms with Crippen molar-refractivity contribution in [2.75, 3.05) is 0 Å². The van der Waals surface area contributed by atoms with Crippen molar-refractivity contribution in [1.82, 2.24) is 15.0 Å². The third-order valence-corrected chi connectivity index (χ3v) is 9.96. The van der Waals surface area contributed by atoms with Gasteiger partial charge in [-0.25, -0.2) is 9.97 Å². The molecule has 0 saturated heterocycles. The number of hydrogen-bond donors (Lipinski definition) is 0. The number of aromatic nitrogens is 3. The molecule has 1 aliphatic rings. The van der Waals surface area contributed by atoms with Crippen LogP contribution in [0.3, 0.4) is 0 Å². The Morgan fingerprint density at radius 3 is 1.92 bits per heavy atom. The Kier molecular flexibility index (Phi) is 6.80. The minimum Gasteiger partial charge on any atom is -0.264 e. The van der Waals surface area contributed by atoms with Gasteiger partial charge in [0.1, 0.15) is 0 Å². The smallest absolute Gasteiger partial charge is 0.160 e. The highest BCUT2D eigenvalue weighted by Crippen LogP contribution is 2.52. The highest BCUT2D eigenvalue weighted by atomic mass is 14.9. The Bertz CT molecular complexity index is 2500. The van der Waals surface area contributed by atoms with Gasteiger partial charge in [-0.15, -0.1) is 0 Å². The molecular weight excluding hydrogens is 595 g/mol. The average Bonchev–Trinajstić information content (AvgIpc) is 3.41. The fourth-order valence-electron chi connectivity index (χ4n) is 7.46. The van der Waals surface area contributed by atoms with E-state index in [1.807, 2.05) is 18.3 Å². The summed E-state index contributed by atoms with van der Waals surface area (Å²) in [5.41, 5.74) is 14.8. The third-order valence-electron chi connectivity index (χ3n) is 9.96. The van der Waals surface area contributed by atoms with Gasteiger partial charge in [-0.3, -0.25) is 4.98 Å². The number of hydrogen-bond acceptors (Lipinski definition) is 3. The Morgan fingerprint density at radius 1 is 0.449 bits per heavy atom. The first kappa shape index (κ1) is 29.0. The lowest BCUT2D eigenvalue weighted by atomic mass is 9.79. The Morgan fingerprint density at radius 2 is 1.10 bits per heavy atom. The fraction of sp³-hybridized carbons (Fsp3) is 0.0652. The largest absolute Gasteiger partial charge is 0.264 e. The molecule has 0 fully saturated rings. The lowest BCUT2D eigenvalue weighted by Gasteiger charge is -2.23. The zero-order valence-electron chi connectivity index (χ0n) is 27.4. The van der Waals surface area contributed by atoms with Crippen LogP contribution in [0.15, 0.2) is 164 Å². The molecule has 0 amide bonds. The Hall–Kier alpha value is -6.19. The first-order valence-corrected chi connectivity index (χ1v) is 16.8. The van der Waals surface area contributed by atoms with Crippen LogP contribution in [0, 0.1) is 0 Å². The van der Waals surface area contributed by atoms with Gasteiger partial charge < -0.3 is 0 Å². The number of rotatable bonds is 5. The molecule has 9 rings (SSSR count). The van der Waals surface area contributed by atoms with Gasteiger partial charge in [0.15, 0.2) is 5.82 Å². The molecule has 3 heteroatoms. The zero-order chi connectivity index (χ0) is 33.0. The van der Waals surface area contributed by atoms with Crippen molar-refractivity contribution in [2.24, 2.45) is 0 Å². The summed E-state index contributed by atoms with van der Waals surface area (Å²) in [7, 11) is 0. The predicted molar refractivity (Wildman–Crippen MR) is 202 cm³/mol. The minimum atomic E-state index is -0.113. The fourth-order valence-corrected chi connectivity index (χ4v) is 7.46. The molecule has 6 aromatic carbocycles. The summed E-state index contributed by atoms with van der Waals surface area (Å²) in [6.45, 7) is 4.72. The summed E-state index contributed by atoms with van der Waals surface area (Å²) in [5.74, 6) is 0.698. The second-order valence-corrected chi connectivity index (χ2v) is 13.3. The van der Waals surface area contributed by atoms with Crippen LogP contribution in [0.25, 0.3) is 78.1 Å². The van der Waals surface area contributed by atoms with Crippen LogP contribution in [0.1, 0.15) is 25.0 Å². The van der Waals surface area contributed by atoms with E-state index in [0.717, 1.165) is 39.2 Å². The van der Waals surface area contributed by atoms with E-state index < -0.39 is 0 Å². The highest BCUT2D eigenvalue weighted by molar-refractivity contribution is 5.98. The number of benzene rings is 6. The summed E-state index contributed by atoms with van der Waals surface area (Å²) < 4.78 is 0. The average molecular weight is 628 g/mol. The van der Waals surface area contributed by atoms with E-state index in [2.05, 4.69) is 158 Å². The number of pyridine rings is 1. The van der Waals surface area contributed by atoms with E-state index in [1.54, 1.807) is 6.20 Å². The normalized spacial score (nSPS) is 12.9. The zero-order valence-corrected chi connectivity index (χ0v) is 27.4. The van der Waals surface area contributed by atoms with Crippen LogP contribution in [0.2, 0.25) is 0 Å². The number of fused-ring (bicyclic) bond motifs is 5. The molecule has 8 aromatic rings. The molecule has 0 spiro atoms. The molecule has 0 saturated carbocycles. The van der Waals surface area contributed by atoms with Crippen LogP contribution in [-0.4, -0.2) is 15.0 Å². The van der Waals surface area contributed by atoms with Gasteiger partial charge in [0.05, 0.1) is 11.4 Å². The topological polar surface area (TPSA) is 38.7 Å². The van der Waals surface area contributed by atoms with Gasteiger partial charge in [0, 0.05) is 34.5 Å². The molecule has 3 nitrogen and oxygen atoms in total. The first-order chi connectivity index (χ1) is 24.0. The van der Waals surface area contributed by atoms with Gasteiger partial charge in [0.2, 0.25) is 0 Å². The Balaban J connectivity index is 1.12. The number of nitrogens with zero attached hydrogens (tertiary/aromatic N) is 3. The van der Waals surface area contributed by atoms with Gasteiger partial charge in [0.25, 0.3) is 0 Å². The lowest BCUT2D eigenvalue weighted by Crippen LogP contribution is -2.15. The van der Waals surface area contributed by atoms with Crippen LogP contribution in [0.5, 0.6) is 0 Å². The molecule has 2 heterocycles. The van der Waals surface area contributed by atoms with Crippen molar-refractivity contribution < 1.29 is 0 Å². The molecule has 0 N–H and O–H groups in total. The van der Waals surface area contributed by atoms with E-state index in [9.17, 15) is 0 Å². The van der Waals surface area contributed by atoms with Crippen molar-refractivity contribution >= 4 is 10.8 Å². The van der Waals surface area contributed by atoms with Gasteiger partial charge in [-0.2, -0.15) is 0 Å². The van der Waals surface area contributed by atoms with Crippen molar-refractivity contribution in [2.45, 2.75) is 19.3 Å². The van der Waals surface area contributed by atoms with Gasteiger partial charge >= 0.3 is 0 Å². The van der Waals surface area contributed by atoms with Crippen LogP contribution in [0.4, 0.5) is 0 Å². The van der Waals surface area contributed by atoms with Crippen LogP contribution in [-0.2, 0) is 5.41 Å². The van der Waals surface area contributed by atoms with E-state index in [-0.39, 0.29) is 5.41 Å². The summed E-state index contributed by atoms with van der Waals surface area (Å²) in [4.78, 5) is 14.5. The quantitative estimate of drug-likeness (QED) is 0.191. The van der Waals surface area contributed by atoms with Gasteiger partial charge in [-0.1, -0.05) is 141 Å². The standard InChI is InChI=1S/C46H33N3/c1-46(2)41-27-35(22-23-39(41)40-24-21-31-10-6-7-16-38(31)44(40)46)34-13-8-14-36(26-34)43-28-42(32-11-4-3-5-12-32)48-45(49-43)33-19-17-30(18-20-33)37-15-9-25-47-29-37/h3-29H,1-2H3. The molecule has 0 unspecified atom stereocenters. The summed E-state index contributed by atoms with van der Waals surface area (Å²) in [6, 6.07) is 53.9. The molecule has 0 bridgehead atoms. The third kappa shape index (κ3) is 5.03. The SMILES string of the molecule is CC1(C)c2cc(-c3cccc(-c4cc(-c5ccccc5)nc(-c5ccc(-c6cccnc6)cc5)n4)c3)ccc2-c2ccc3ccccc3c21. The van der Waals surface area contributed by atoms with E-state index >= 15 is 0 Å². The molecule has 1 aliphatic carbocycles. The second-order valence-electron chi connectivity index (χ2n) is 13.3. The molecule has 0 radical (unpaired) electrons. The van der Waals surface area contributed by atoms with Gasteiger partial charge in [-0.05, 0) is 79.5 Å². The van der Waals surface area contributed by atoms with E-state index in [1.165, 1.54) is 44.2 Å². The van der Waals surface area contributed by atoms with Crippen molar-refractivity contribution in [3.05, 3.63) is 175 Å². The Labute approximate surface area is 286 Å². The maximum absolute atomic E-state index is 5.15. The molecule has 49 heavy (non-hydrogen) atoms. The minimum absolute atomic E-state index is 0.113. The molecule has 0 aliphatic heterocycles. The van der Waals surface area contributed by atoms with E-state index in [4.69, 9.17) is 9.97 Å². The first-order valence-electron chi connectivity index (χ1n) is 16.8. The summed E-state index contributed by atoms with van der Waals surface area (Å²) in [6.07, 6.45) is 3.68. The van der Waals surface area contributed by atoms with E-state index in [0.29, 0.717) is 5.82 Å². The van der Waals surface area contributed by atoms with Crippen molar-refractivity contribution in [1.29, 1.82) is 0 Å². The molecule has 0 atom stereocenters. The van der Waals surface area contributed by atoms with Crippen molar-refractivity contribution in [3.63, 3.8) is 0 Å². The van der Waals surface area contributed by atoms with Crippen molar-refractivity contribution in [3.8, 4) is 67.3 Å². The second kappa shape index (κ2) is 11.5. The van der Waals surface area contributed by atoms with Crippen LogP contribution < -0.4 is 0 Å². The monoisotopic (exact) mass is 627 g/mol. The summed E-state index contributed by atoms with van der Waals surface area (Å²) in [5, 5.41) is 2.63. The lowest BCUT2D eigenvalue weighted by molar-refractivity contribution is 0.666. The molecule has 232 valence electrons. The maximum Gasteiger partial charge on any atom is 0.160 e. The highest BCUT2D eigenvalue weighted by Gasteiger charge is 2.37. The molecule has 2 aromatic heterocycles.